The van der Waals surface area contributed by atoms with Crippen LogP contribution in [0.5, 0.6) is 11.5 Å². The summed E-state index contributed by atoms with van der Waals surface area (Å²) in [5.41, 5.74) is 1.86. The van der Waals surface area contributed by atoms with Gasteiger partial charge in [0.15, 0.2) is 17.5 Å². The molecule has 0 unspecified atom stereocenters. The number of ether oxygens (including phenoxy) is 2. The highest BCUT2D eigenvalue weighted by Gasteiger charge is 2.17. The summed E-state index contributed by atoms with van der Waals surface area (Å²) in [6.07, 6.45) is 7.15. The van der Waals surface area contributed by atoms with Gasteiger partial charge in [-0.25, -0.2) is 4.99 Å². The molecule has 0 spiro atoms. The van der Waals surface area contributed by atoms with Crippen molar-refractivity contribution in [3.8, 4) is 11.5 Å². The third-order valence-corrected chi connectivity index (χ3v) is 4.75. The van der Waals surface area contributed by atoms with Gasteiger partial charge in [-0.15, -0.1) is 0 Å². The van der Waals surface area contributed by atoms with Crippen LogP contribution >= 0.6 is 0 Å². The second kappa shape index (κ2) is 9.30. The smallest absolute Gasteiger partial charge is 0.196 e. The van der Waals surface area contributed by atoms with Crippen LogP contribution in [0.3, 0.4) is 0 Å². The average Bonchev–Trinajstić information content (AvgIpc) is 3.37. The first-order valence-electron chi connectivity index (χ1n) is 9.55. The Kier molecular flexibility index (Phi) is 6.57. The van der Waals surface area contributed by atoms with Crippen molar-refractivity contribution in [2.24, 2.45) is 4.99 Å². The standard InChI is InChI=1S/C20H29N5O2/c1-4-21-20(23-15-9-10-18(26-2)19(13-15)27-3)22-14-16-11-12-25(24-16)17-7-5-6-8-17/h9-13,17H,4-8,14H2,1-3H3,(H2,21,22,23). The van der Waals surface area contributed by atoms with Crippen molar-refractivity contribution in [2.75, 3.05) is 26.1 Å². The van der Waals surface area contributed by atoms with Crippen LogP contribution in [0, 0.1) is 0 Å². The van der Waals surface area contributed by atoms with Gasteiger partial charge in [0.25, 0.3) is 0 Å². The molecule has 0 saturated heterocycles. The first kappa shape index (κ1) is 19.1. The molecule has 1 aromatic carbocycles. The van der Waals surface area contributed by atoms with Crippen molar-refractivity contribution in [2.45, 2.75) is 45.2 Å². The molecule has 1 heterocycles. The van der Waals surface area contributed by atoms with Gasteiger partial charge in [0.1, 0.15) is 0 Å². The summed E-state index contributed by atoms with van der Waals surface area (Å²) >= 11 is 0. The SMILES string of the molecule is CCNC(=NCc1ccn(C2CCCC2)n1)Nc1ccc(OC)c(OC)c1. The van der Waals surface area contributed by atoms with Crippen LogP contribution in [0.15, 0.2) is 35.5 Å². The minimum absolute atomic E-state index is 0.530. The molecule has 1 aliphatic carbocycles. The summed E-state index contributed by atoms with van der Waals surface area (Å²) in [4.78, 5) is 4.66. The van der Waals surface area contributed by atoms with Crippen molar-refractivity contribution in [1.29, 1.82) is 0 Å². The third kappa shape index (κ3) is 4.93. The average molecular weight is 371 g/mol. The van der Waals surface area contributed by atoms with Crippen LogP contribution in [0.25, 0.3) is 0 Å². The Balaban J connectivity index is 1.67. The van der Waals surface area contributed by atoms with E-state index in [2.05, 4.69) is 32.6 Å². The van der Waals surface area contributed by atoms with Gasteiger partial charge in [0.05, 0.1) is 32.5 Å². The second-order valence-corrected chi connectivity index (χ2v) is 6.62. The predicted octanol–water partition coefficient (Wildman–Crippen LogP) is 3.59. The molecule has 1 saturated carbocycles. The van der Waals surface area contributed by atoms with Crippen LogP contribution in [-0.2, 0) is 6.54 Å². The van der Waals surface area contributed by atoms with Crippen molar-refractivity contribution in [3.63, 3.8) is 0 Å². The molecule has 0 aliphatic heterocycles. The van der Waals surface area contributed by atoms with Gasteiger partial charge in [-0.1, -0.05) is 12.8 Å². The van der Waals surface area contributed by atoms with E-state index in [1.54, 1.807) is 14.2 Å². The molecule has 0 atom stereocenters. The van der Waals surface area contributed by atoms with E-state index in [-0.39, 0.29) is 0 Å². The van der Waals surface area contributed by atoms with Gasteiger partial charge in [-0.05, 0) is 38.0 Å². The summed E-state index contributed by atoms with van der Waals surface area (Å²) in [5.74, 6) is 2.08. The van der Waals surface area contributed by atoms with E-state index in [0.29, 0.717) is 30.0 Å². The molecule has 7 heteroatoms. The van der Waals surface area contributed by atoms with E-state index in [1.807, 2.05) is 25.1 Å². The van der Waals surface area contributed by atoms with Crippen LogP contribution in [0.4, 0.5) is 5.69 Å². The number of benzene rings is 1. The highest BCUT2D eigenvalue weighted by molar-refractivity contribution is 5.93. The molecule has 1 fully saturated rings. The van der Waals surface area contributed by atoms with Crippen molar-refractivity contribution in [1.82, 2.24) is 15.1 Å². The summed E-state index contributed by atoms with van der Waals surface area (Å²) in [6.45, 7) is 3.35. The zero-order valence-electron chi connectivity index (χ0n) is 16.4. The maximum atomic E-state index is 5.36. The van der Waals surface area contributed by atoms with Crippen LogP contribution < -0.4 is 20.1 Å². The monoisotopic (exact) mass is 371 g/mol. The molecule has 1 aromatic heterocycles. The molecular formula is C20H29N5O2. The van der Waals surface area contributed by atoms with Gasteiger partial charge < -0.3 is 20.1 Å². The topological polar surface area (TPSA) is 72.7 Å². The van der Waals surface area contributed by atoms with Crippen molar-refractivity contribution in [3.05, 3.63) is 36.2 Å². The molecule has 0 amide bonds. The number of guanidine groups is 1. The quantitative estimate of drug-likeness (QED) is 0.575. The van der Waals surface area contributed by atoms with Crippen molar-refractivity contribution < 1.29 is 9.47 Å². The number of aliphatic imine (C=N–C) groups is 1. The first-order valence-corrected chi connectivity index (χ1v) is 9.55. The van der Waals surface area contributed by atoms with Crippen LogP contribution in [-0.4, -0.2) is 36.5 Å². The van der Waals surface area contributed by atoms with Crippen LogP contribution in [0.1, 0.15) is 44.3 Å². The lowest BCUT2D eigenvalue weighted by Gasteiger charge is -2.13. The Morgan fingerprint density at radius 1 is 1.19 bits per heavy atom. The number of nitrogens with one attached hydrogen (secondary N) is 2. The van der Waals surface area contributed by atoms with E-state index in [1.165, 1.54) is 25.7 Å². The Labute approximate surface area is 160 Å². The Morgan fingerprint density at radius 2 is 1.96 bits per heavy atom. The highest BCUT2D eigenvalue weighted by Crippen LogP contribution is 2.30. The van der Waals surface area contributed by atoms with Gasteiger partial charge >= 0.3 is 0 Å². The summed E-state index contributed by atoms with van der Waals surface area (Å²) in [6, 6.07) is 8.31. The fourth-order valence-electron chi connectivity index (χ4n) is 3.35. The highest BCUT2D eigenvalue weighted by atomic mass is 16.5. The Hall–Kier alpha value is -2.70. The molecular weight excluding hydrogens is 342 g/mol. The van der Waals surface area contributed by atoms with Gasteiger partial charge in [-0.2, -0.15) is 5.10 Å². The van der Waals surface area contributed by atoms with Gasteiger partial charge in [0, 0.05) is 24.5 Å². The number of hydrogen-bond acceptors (Lipinski definition) is 4. The third-order valence-electron chi connectivity index (χ3n) is 4.75. The van der Waals surface area contributed by atoms with Gasteiger partial charge in [-0.3, -0.25) is 4.68 Å². The molecule has 0 bridgehead atoms. The molecule has 146 valence electrons. The zero-order valence-corrected chi connectivity index (χ0v) is 16.4. The molecule has 7 nitrogen and oxygen atoms in total. The summed E-state index contributed by atoms with van der Waals surface area (Å²) in [5, 5.41) is 11.3. The number of hydrogen-bond donors (Lipinski definition) is 2. The van der Waals surface area contributed by atoms with E-state index >= 15 is 0 Å². The molecule has 2 N–H and O–H groups in total. The van der Waals surface area contributed by atoms with Gasteiger partial charge in [0.2, 0.25) is 0 Å². The summed E-state index contributed by atoms with van der Waals surface area (Å²) in [7, 11) is 3.25. The zero-order chi connectivity index (χ0) is 19.1. The fraction of sp³-hybridized carbons (Fsp3) is 0.500. The first-order chi connectivity index (χ1) is 13.2. The number of nitrogens with zero attached hydrogens (tertiary/aromatic N) is 3. The molecule has 3 rings (SSSR count). The fourth-order valence-corrected chi connectivity index (χ4v) is 3.35. The van der Waals surface area contributed by atoms with E-state index in [0.717, 1.165) is 17.9 Å². The molecule has 27 heavy (non-hydrogen) atoms. The Bertz CT molecular complexity index is 765. The Morgan fingerprint density at radius 3 is 2.67 bits per heavy atom. The predicted molar refractivity (Wildman–Crippen MR) is 108 cm³/mol. The summed E-state index contributed by atoms with van der Waals surface area (Å²) < 4.78 is 12.7. The lowest BCUT2D eigenvalue weighted by molar-refractivity contribution is 0.355. The van der Waals surface area contributed by atoms with Crippen molar-refractivity contribution >= 4 is 11.6 Å². The molecule has 1 aliphatic rings. The maximum absolute atomic E-state index is 5.36. The number of rotatable bonds is 7. The normalized spacial score (nSPS) is 15.0. The lowest BCUT2D eigenvalue weighted by Crippen LogP contribution is -2.30. The molecule has 0 radical (unpaired) electrons. The maximum Gasteiger partial charge on any atom is 0.196 e. The minimum atomic E-state index is 0.530. The van der Waals surface area contributed by atoms with Crippen LogP contribution in [0.2, 0.25) is 0 Å². The number of aromatic nitrogens is 2. The number of anilines is 1. The lowest BCUT2D eigenvalue weighted by atomic mass is 10.3. The molecule has 2 aromatic rings. The van der Waals surface area contributed by atoms with E-state index in [4.69, 9.17) is 14.6 Å². The minimum Gasteiger partial charge on any atom is -0.493 e. The largest absolute Gasteiger partial charge is 0.493 e. The number of methoxy groups -OCH3 is 2. The van der Waals surface area contributed by atoms with E-state index in [9.17, 15) is 0 Å². The van der Waals surface area contributed by atoms with E-state index < -0.39 is 0 Å². The second-order valence-electron chi connectivity index (χ2n) is 6.62.